The summed E-state index contributed by atoms with van der Waals surface area (Å²) >= 11 is 1.74. The molecule has 1 amide bonds. The van der Waals surface area contributed by atoms with Crippen LogP contribution in [0.15, 0.2) is 18.2 Å². The third-order valence-electron chi connectivity index (χ3n) is 5.34. The third kappa shape index (κ3) is 3.43. The van der Waals surface area contributed by atoms with Crippen LogP contribution in [0.25, 0.3) is 10.2 Å². The van der Waals surface area contributed by atoms with Gasteiger partial charge in [-0.15, -0.1) is 0 Å². The van der Waals surface area contributed by atoms with Crippen molar-refractivity contribution in [1.82, 2.24) is 20.1 Å². The van der Waals surface area contributed by atoms with Crippen molar-refractivity contribution in [2.75, 3.05) is 18.0 Å². The molecule has 1 unspecified atom stereocenters. The molecular weight excluding hydrogens is 358 g/mol. The van der Waals surface area contributed by atoms with E-state index in [1.54, 1.807) is 23.1 Å². The molecule has 0 aliphatic carbocycles. The number of anilines is 1. The zero-order valence-corrected chi connectivity index (χ0v) is 17.1. The SMILES string of the molecule is Cc1cc(C(=O)NC2CCCN(c3nc4c(C)c(C)ccc4s3)C2)n(C)n1. The number of rotatable bonds is 3. The number of thiazole rings is 1. The summed E-state index contributed by atoms with van der Waals surface area (Å²) in [7, 11) is 1.81. The highest BCUT2D eigenvalue weighted by molar-refractivity contribution is 7.22. The van der Waals surface area contributed by atoms with Crippen LogP contribution in [0, 0.1) is 20.8 Å². The van der Waals surface area contributed by atoms with Crippen LogP contribution >= 0.6 is 11.3 Å². The van der Waals surface area contributed by atoms with Gasteiger partial charge in [-0.05, 0) is 56.9 Å². The van der Waals surface area contributed by atoms with Crippen molar-refractivity contribution in [1.29, 1.82) is 0 Å². The summed E-state index contributed by atoms with van der Waals surface area (Å²) in [6.07, 6.45) is 2.03. The van der Waals surface area contributed by atoms with E-state index in [1.165, 1.54) is 15.8 Å². The fraction of sp³-hybridized carbons (Fsp3) is 0.450. The minimum Gasteiger partial charge on any atom is -0.346 e. The van der Waals surface area contributed by atoms with Crippen molar-refractivity contribution in [3.63, 3.8) is 0 Å². The van der Waals surface area contributed by atoms with Crippen LogP contribution in [-0.4, -0.2) is 39.8 Å². The summed E-state index contributed by atoms with van der Waals surface area (Å²) in [6.45, 7) is 7.93. The molecule has 1 fully saturated rings. The third-order valence-corrected chi connectivity index (χ3v) is 6.42. The van der Waals surface area contributed by atoms with Gasteiger partial charge in [0.2, 0.25) is 0 Å². The molecule has 2 aromatic heterocycles. The van der Waals surface area contributed by atoms with E-state index in [4.69, 9.17) is 4.98 Å². The molecular formula is C20H25N5OS. The minimum atomic E-state index is -0.0549. The van der Waals surface area contributed by atoms with Gasteiger partial charge in [-0.25, -0.2) is 4.98 Å². The van der Waals surface area contributed by atoms with Gasteiger partial charge in [0.1, 0.15) is 5.69 Å². The molecule has 1 N–H and O–H groups in total. The predicted molar refractivity (Wildman–Crippen MR) is 110 cm³/mol. The lowest BCUT2D eigenvalue weighted by Gasteiger charge is -2.32. The molecule has 1 saturated heterocycles. The number of nitrogens with one attached hydrogen (secondary N) is 1. The number of carbonyl (C=O) groups excluding carboxylic acids is 1. The quantitative estimate of drug-likeness (QED) is 0.753. The molecule has 0 radical (unpaired) electrons. The van der Waals surface area contributed by atoms with Gasteiger partial charge < -0.3 is 10.2 Å². The van der Waals surface area contributed by atoms with Gasteiger partial charge in [0.05, 0.1) is 15.9 Å². The van der Waals surface area contributed by atoms with Crippen LogP contribution < -0.4 is 10.2 Å². The Bertz CT molecular complexity index is 1010. The normalized spacial score (nSPS) is 17.5. The van der Waals surface area contributed by atoms with E-state index in [9.17, 15) is 4.79 Å². The maximum absolute atomic E-state index is 12.6. The van der Waals surface area contributed by atoms with Crippen LogP contribution in [0.5, 0.6) is 0 Å². The highest BCUT2D eigenvalue weighted by Crippen LogP contribution is 2.33. The molecule has 0 saturated carbocycles. The first-order valence-electron chi connectivity index (χ1n) is 9.35. The summed E-state index contributed by atoms with van der Waals surface area (Å²) in [5.74, 6) is -0.0549. The first-order valence-corrected chi connectivity index (χ1v) is 10.2. The van der Waals surface area contributed by atoms with Gasteiger partial charge in [0.15, 0.2) is 5.13 Å². The lowest BCUT2D eigenvalue weighted by atomic mass is 10.1. The van der Waals surface area contributed by atoms with Gasteiger partial charge in [-0.1, -0.05) is 17.4 Å². The largest absolute Gasteiger partial charge is 0.346 e. The number of benzene rings is 1. The molecule has 7 heteroatoms. The van der Waals surface area contributed by atoms with Gasteiger partial charge in [0, 0.05) is 26.2 Å². The van der Waals surface area contributed by atoms with Crippen LogP contribution in [0.4, 0.5) is 5.13 Å². The fourth-order valence-electron chi connectivity index (χ4n) is 3.70. The standard InChI is InChI=1S/C20H25N5OS/c1-12-7-8-17-18(14(12)3)22-20(27-17)25-9-5-6-15(11-25)21-19(26)16-10-13(2)23-24(16)4/h7-8,10,15H,5-6,9,11H2,1-4H3,(H,21,26). The van der Waals surface area contributed by atoms with E-state index in [0.717, 1.165) is 42.3 Å². The molecule has 142 valence electrons. The van der Waals surface area contributed by atoms with Crippen molar-refractivity contribution in [3.8, 4) is 0 Å². The number of fused-ring (bicyclic) bond motifs is 1. The van der Waals surface area contributed by atoms with E-state index in [2.05, 4.69) is 41.3 Å². The summed E-state index contributed by atoms with van der Waals surface area (Å²) in [4.78, 5) is 19.8. The fourth-order valence-corrected chi connectivity index (χ4v) is 4.76. The molecule has 6 nitrogen and oxygen atoms in total. The zero-order valence-electron chi connectivity index (χ0n) is 16.2. The second-order valence-corrected chi connectivity index (χ2v) is 8.41. The second kappa shape index (κ2) is 6.96. The Morgan fingerprint density at radius 1 is 1.30 bits per heavy atom. The number of nitrogens with zero attached hydrogens (tertiary/aromatic N) is 4. The van der Waals surface area contributed by atoms with Crippen LogP contribution in [0.1, 0.15) is 40.2 Å². The molecule has 27 heavy (non-hydrogen) atoms. The second-order valence-electron chi connectivity index (χ2n) is 7.40. The van der Waals surface area contributed by atoms with E-state index in [1.807, 2.05) is 13.0 Å². The number of hydrogen-bond acceptors (Lipinski definition) is 5. The molecule has 0 bridgehead atoms. The van der Waals surface area contributed by atoms with Crippen LogP contribution in [0.2, 0.25) is 0 Å². The maximum Gasteiger partial charge on any atom is 0.269 e. The lowest BCUT2D eigenvalue weighted by Crippen LogP contribution is -2.48. The van der Waals surface area contributed by atoms with Crippen molar-refractivity contribution < 1.29 is 4.79 Å². The average Bonchev–Trinajstić information content (AvgIpc) is 3.22. The highest BCUT2D eigenvalue weighted by Gasteiger charge is 2.25. The van der Waals surface area contributed by atoms with E-state index < -0.39 is 0 Å². The summed E-state index contributed by atoms with van der Waals surface area (Å²) in [6, 6.07) is 6.27. The lowest BCUT2D eigenvalue weighted by molar-refractivity contribution is 0.0923. The van der Waals surface area contributed by atoms with Crippen molar-refractivity contribution in [2.45, 2.75) is 39.7 Å². The Balaban J connectivity index is 1.50. The van der Waals surface area contributed by atoms with E-state index >= 15 is 0 Å². The van der Waals surface area contributed by atoms with Gasteiger partial charge in [-0.2, -0.15) is 5.10 Å². The van der Waals surface area contributed by atoms with E-state index in [-0.39, 0.29) is 11.9 Å². The number of aryl methyl sites for hydroxylation is 4. The predicted octanol–water partition coefficient (Wildman–Crippen LogP) is 3.35. The molecule has 3 aromatic rings. The van der Waals surface area contributed by atoms with Gasteiger partial charge >= 0.3 is 0 Å². The minimum absolute atomic E-state index is 0.0549. The molecule has 1 aliphatic rings. The number of amides is 1. The zero-order chi connectivity index (χ0) is 19.1. The van der Waals surface area contributed by atoms with Gasteiger partial charge in [-0.3, -0.25) is 9.48 Å². The van der Waals surface area contributed by atoms with E-state index in [0.29, 0.717) is 5.69 Å². The first-order chi connectivity index (χ1) is 12.9. The Labute approximate surface area is 163 Å². The molecule has 1 aromatic carbocycles. The Kier molecular flexibility index (Phi) is 4.63. The van der Waals surface area contributed by atoms with Crippen LogP contribution in [-0.2, 0) is 7.05 Å². The highest BCUT2D eigenvalue weighted by atomic mass is 32.1. The molecule has 0 spiro atoms. The molecule has 3 heterocycles. The Hall–Kier alpha value is -2.41. The van der Waals surface area contributed by atoms with Crippen molar-refractivity contribution >= 4 is 32.6 Å². The van der Waals surface area contributed by atoms with Crippen LogP contribution in [0.3, 0.4) is 0 Å². The number of hydrogen-bond donors (Lipinski definition) is 1. The number of piperidine rings is 1. The average molecular weight is 384 g/mol. The summed E-state index contributed by atoms with van der Waals surface area (Å²) in [5, 5.41) is 8.49. The topological polar surface area (TPSA) is 63.1 Å². The Morgan fingerprint density at radius 2 is 2.11 bits per heavy atom. The maximum atomic E-state index is 12.6. The Morgan fingerprint density at radius 3 is 2.85 bits per heavy atom. The summed E-state index contributed by atoms with van der Waals surface area (Å²) < 4.78 is 2.87. The number of aromatic nitrogens is 3. The molecule has 1 aliphatic heterocycles. The molecule has 4 rings (SSSR count). The monoisotopic (exact) mass is 383 g/mol. The van der Waals surface area contributed by atoms with Crippen molar-refractivity contribution in [2.24, 2.45) is 7.05 Å². The smallest absolute Gasteiger partial charge is 0.269 e. The summed E-state index contributed by atoms with van der Waals surface area (Å²) in [5.41, 5.74) is 5.09. The van der Waals surface area contributed by atoms with Crippen molar-refractivity contribution in [3.05, 3.63) is 40.7 Å². The van der Waals surface area contributed by atoms with Gasteiger partial charge in [0.25, 0.3) is 5.91 Å². The molecule has 1 atom stereocenters. The first kappa shape index (κ1) is 18.0. The number of carbonyl (C=O) groups is 1.